The minimum atomic E-state index is -3.67. The van der Waals surface area contributed by atoms with E-state index in [1.165, 1.54) is 31.0 Å². The Kier molecular flexibility index (Phi) is 4.89. The van der Waals surface area contributed by atoms with Gasteiger partial charge in [-0.3, -0.25) is 4.79 Å². The molecular formula is C13H16N2O4S2. The molecule has 1 fully saturated rings. The highest BCUT2D eigenvalue weighted by molar-refractivity contribution is 8.01. The quantitative estimate of drug-likeness (QED) is 0.665. The number of carbonyl (C=O) groups is 1. The summed E-state index contributed by atoms with van der Waals surface area (Å²) in [6, 6.07) is 6.50. The molecule has 2 rings (SSSR count). The Bertz CT molecular complexity index is 653. The van der Waals surface area contributed by atoms with Crippen molar-refractivity contribution < 1.29 is 17.9 Å². The number of rotatable bonds is 4. The standard InChI is InChI=1S/C13H16N2O4S2/c1-9-3-5-11(6-4-9)21(17,18)15-14-10-7-12(20-8-10)13(16)19-2/h3-6,12,15H,7-8H2,1-2H3/b14-10+. The molecule has 1 aliphatic heterocycles. The van der Waals surface area contributed by atoms with Crippen LogP contribution in [0.1, 0.15) is 12.0 Å². The summed E-state index contributed by atoms with van der Waals surface area (Å²) < 4.78 is 28.8. The van der Waals surface area contributed by atoms with Gasteiger partial charge in [-0.1, -0.05) is 17.7 Å². The molecule has 0 saturated carbocycles. The summed E-state index contributed by atoms with van der Waals surface area (Å²) in [6.07, 6.45) is 0.397. The maximum absolute atomic E-state index is 12.1. The minimum absolute atomic E-state index is 0.160. The van der Waals surface area contributed by atoms with E-state index in [1.807, 2.05) is 6.92 Å². The fraction of sp³-hybridized carbons (Fsp3) is 0.385. The molecule has 0 amide bonds. The van der Waals surface area contributed by atoms with Crippen molar-refractivity contribution in [3.63, 3.8) is 0 Å². The number of hydrogen-bond acceptors (Lipinski definition) is 6. The maximum Gasteiger partial charge on any atom is 0.319 e. The summed E-state index contributed by atoms with van der Waals surface area (Å²) in [7, 11) is -2.34. The first kappa shape index (κ1) is 15.8. The van der Waals surface area contributed by atoms with E-state index >= 15 is 0 Å². The minimum Gasteiger partial charge on any atom is -0.468 e. The molecule has 0 bridgehead atoms. The lowest BCUT2D eigenvalue weighted by Crippen LogP contribution is -2.21. The third-order valence-electron chi connectivity index (χ3n) is 2.99. The van der Waals surface area contributed by atoms with Crippen molar-refractivity contribution in [3.8, 4) is 0 Å². The van der Waals surface area contributed by atoms with Gasteiger partial charge in [0.1, 0.15) is 5.25 Å². The van der Waals surface area contributed by atoms with E-state index in [0.717, 1.165) is 5.56 Å². The predicted molar refractivity (Wildman–Crippen MR) is 81.8 cm³/mol. The van der Waals surface area contributed by atoms with Crippen LogP contribution in [-0.4, -0.2) is 38.2 Å². The van der Waals surface area contributed by atoms with Gasteiger partial charge in [0.2, 0.25) is 0 Å². The van der Waals surface area contributed by atoms with Crippen molar-refractivity contribution in [1.82, 2.24) is 4.83 Å². The molecule has 1 atom stereocenters. The second-order valence-corrected chi connectivity index (χ2v) is 7.46. The Labute approximate surface area is 128 Å². The van der Waals surface area contributed by atoms with Gasteiger partial charge in [0.15, 0.2) is 0 Å². The lowest BCUT2D eigenvalue weighted by molar-refractivity contribution is -0.139. The van der Waals surface area contributed by atoms with Crippen LogP contribution in [0, 0.1) is 6.92 Å². The molecule has 21 heavy (non-hydrogen) atoms. The highest BCUT2D eigenvalue weighted by Gasteiger charge is 2.29. The highest BCUT2D eigenvalue weighted by Crippen LogP contribution is 2.25. The zero-order valence-electron chi connectivity index (χ0n) is 11.7. The van der Waals surface area contributed by atoms with Crippen LogP contribution in [0.5, 0.6) is 0 Å². The molecule has 1 saturated heterocycles. The zero-order chi connectivity index (χ0) is 15.5. The van der Waals surface area contributed by atoms with Crippen LogP contribution >= 0.6 is 11.8 Å². The number of sulfonamides is 1. The second kappa shape index (κ2) is 6.48. The zero-order valence-corrected chi connectivity index (χ0v) is 13.3. The monoisotopic (exact) mass is 328 g/mol. The van der Waals surface area contributed by atoms with Gasteiger partial charge in [-0.25, -0.2) is 4.83 Å². The Morgan fingerprint density at radius 1 is 1.38 bits per heavy atom. The number of aryl methyl sites for hydroxylation is 1. The second-order valence-electron chi connectivity index (χ2n) is 4.61. The topological polar surface area (TPSA) is 84.8 Å². The Morgan fingerprint density at radius 2 is 2.05 bits per heavy atom. The number of esters is 1. The van der Waals surface area contributed by atoms with Crippen molar-refractivity contribution >= 4 is 33.5 Å². The van der Waals surface area contributed by atoms with Crippen molar-refractivity contribution in [1.29, 1.82) is 0 Å². The summed E-state index contributed by atoms with van der Waals surface area (Å²) >= 11 is 1.39. The van der Waals surface area contributed by atoms with Gasteiger partial charge >= 0.3 is 5.97 Å². The van der Waals surface area contributed by atoms with Crippen LogP contribution in [0.2, 0.25) is 0 Å². The number of methoxy groups -OCH3 is 1. The lowest BCUT2D eigenvalue weighted by atomic mass is 10.2. The lowest BCUT2D eigenvalue weighted by Gasteiger charge is -2.05. The summed E-state index contributed by atoms with van der Waals surface area (Å²) in [5, 5.41) is 3.60. The average Bonchev–Trinajstić information content (AvgIpc) is 2.94. The van der Waals surface area contributed by atoms with Gasteiger partial charge in [-0.05, 0) is 19.1 Å². The first-order chi connectivity index (χ1) is 9.92. The van der Waals surface area contributed by atoms with Gasteiger partial charge in [0.25, 0.3) is 10.0 Å². The first-order valence-electron chi connectivity index (χ1n) is 6.26. The van der Waals surface area contributed by atoms with Crippen LogP contribution in [0.3, 0.4) is 0 Å². The molecule has 6 nitrogen and oxygen atoms in total. The molecule has 1 aromatic carbocycles. The third kappa shape index (κ3) is 3.98. The van der Waals surface area contributed by atoms with Crippen molar-refractivity contribution in [2.75, 3.05) is 12.9 Å². The molecule has 1 aliphatic rings. The van der Waals surface area contributed by atoms with Gasteiger partial charge in [-0.2, -0.15) is 13.5 Å². The van der Waals surface area contributed by atoms with Gasteiger partial charge in [0, 0.05) is 12.2 Å². The van der Waals surface area contributed by atoms with E-state index in [1.54, 1.807) is 12.1 Å². The molecule has 0 aliphatic carbocycles. The fourth-order valence-corrected chi connectivity index (χ4v) is 3.75. The van der Waals surface area contributed by atoms with Gasteiger partial charge in [0.05, 0.1) is 17.7 Å². The SMILES string of the molecule is COC(=O)C1C/C(=N\NS(=O)(=O)c2ccc(C)cc2)CS1. The third-order valence-corrected chi connectivity index (χ3v) is 5.48. The molecule has 1 unspecified atom stereocenters. The normalized spacial score (nSPS) is 20.5. The number of ether oxygens (including phenoxy) is 1. The van der Waals surface area contributed by atoms with Crippen LogP contribution in [-0.2, 0) is 19.6 Å². The average molecular weight is 328 g/mol. The van der Waals surface area contributed by atoms with E-state index in [0.29, 0.717) is 17.9 Å². The van der Waals surface area contributed by atoms with E-state index in [4.69, 9.17) is 0 Å². The van der Waals surface area contributed by atoms with Gasteiger partial charge in [-0.15, -0.1) is 11.8 Å². The number of nitrogens with one attached hydrogen (secondary N) is 1. The summed E-state index contributed by atoms with van der Waals surface area (Å²) in [5.41, 5.74) is 1.61. The van der Waals surface area contributed by atoms with Crippen LogP contribution in [0.4, 0.5) is 0 Å². The van der Waals surface area contributed by atoms with E-state index in [-0.39, 0.29) is 16.1 Å². The number of carbonyl (C=O) groups excluding carboxylic acids is 1. The van der Waals surface area contributed by atoms with Gasteiger partial charge < -0.3 is 4.74 Å². The molecule has 0 spiro atoms. The summed E-state index contributed by atoms with van der Waals surface area (Å²) in [4.78, 5) is 13.7. The molecule has 114 valence electrons. The first-order valence-corrected chi connectivity index (χ1v) is 8.79. The molecule has 8 heteroatoms. The number of hydrogen-bond donors (Lipinski definition) is 1. The van der Waals surface area contributed by atoms with E-state index in [9.17, 15) is 13.2 Å². The fourth-order valence-electron chi connectivity index (χ4n) is 1.78. The summed E-state index contributed by atoms with van der Waals surface area (Å²) in [6.45, 7) is 1.88. The predicted octanol–water partition coefficient (Wildman–Crippen LogP) is 1.31. The maximum atomic E-state index is 12.1. The Balaban J connectivity index is 2.04. The molecule has 1 aromatic rings. The van der Waals surface area contributed by atoms with E-state index in [2.05, 4.69) is 14.7 Å². The molecule has 1 N–H and O–H groups in total. The number of hydrazone groups is 1. The van der Waals surface area contributed by atoms with Crippen molar-refractivity contribution in [2.45, 2.75) is 23.5 Å². The number of nitrogens with zero attached hydrogens (tertiary/aromatic N) is 1. The summed E-state index contributed by atoms with van der Waals surface area (Å²) in [5.74, 6) is 0.197. The molecule has 0 radical (unpaired) electrons. The van der Waals surface area contributed by atoms with Crippen molar-refractivity contribution in [3.05, 3.63) is 29.8 Å². The number of thioether (sulfide) groups is 1. The van der Waals surface area contributed by atoms with Crippen LogP contribution < -0.4 is 4.83 Å². The highest BCUT2D eigenvalue weighted by atomic mass is 32.2. The van der Waals surface area contributed by atoms with E-state index < -0.39 is 10.0 Å². The smallest absolute Gasteiger partial charge is 0.319 e. The Morgan fingerprint density at radius 3 is 2.67 bits per heavy atom. The Hall–Kier alpha value is -1.54. The molecule has 1 heterocycles. The number of benzene rings is 1. The van der Waals surface area contributed by atoms with Crippen LogP contribution in [0.25, 0.3) is 0 Å². The van der Waals surface area contributed by atoms with Crippen molar-refractivity contribution in [2.24, 2.45) is 5.10 Å². The van der Waals surface area contributed by atoms with Crippen LogP contribution in [0.15, 0.2) is 34.3 Å². The molecule has 0 aromatic heterocycles. The largest absolute Gasteiger partial charge is 0.468 e. The molecular weight excluding hydrogens is 312 g/mol.